The highest BCUT2D eigenvalue weighted by molar-refractivity contribution is 7.89. The quantitative estimate of drug-likeness (QED) is 0.750. The average molecular weight is 417 g/mol. The van der Waals surface area contributed by atoms with Gasteiger partial charge in [-0.05, 0) is 23.8 Å². The van der Waals surface area contributed by atoms with Crippen molar-refractivity contribution >= 4 is 39.0 Å². The van der Waals surface area contributed by atoms with Crippen LogP contribution in [0.2, 0.25) is 10.0 Å². The van der Waals surface area contributed by atoms with Gasteiger partial charge in [0.1, 0.15) is 17.6 Å². The molecule has 1 aromatic carbocycles. The second-order valence-corrected chi connectivity index (χ2v) is 8.78. The second kappa shape index (κ2) is 8.10. The third-order valence-corrected chi connectivity index (χ3v) is 6.82. The SMILES string of the molecule is CN(Cc1ccc(Cl)c(Cl)c1)c1ccc(S(=O)(=O)N2CCOCC2)c[nH+]1. The summed E-state index contributed by atoms with van der Waals surface area (Å²) >= 11 is 12.0. The van der Waals surface area contributed by atoms with E-state index in [1.54, 1.807) is 18.2 Å². The van der Waals surface area contributed by atoms with Crippen LogP contribution in [0.15, 0.2) is 41.4 Å². The van der Waals surface area contributed by atoms with E-state index in [0.29, 0.717) is 42.9 Å². The molecule has 0 saturated carbocycles. The summed E-state index contributed by atoms with van der Waals surface area (Å²) in [5.41, 5.74) is 1.00. The predicted octanol–water partition coefficient (Wildman–Crippen LogP) is 2.46. The Morgan fingerprint density at radius 3 is 2.50 bits per heavy atom. The normalized spacial score (nSPS) is 15.8. The van der Waals surface area contributed by atoms with Crippen LogP contribution in [0.5, 0.6) is 0 Å². The molecule has 3 rings (SSSR count). The molecule has 0 atom stereocenters. The number of rotatable bonds is 5. The van der Waals surface area contributed by atoms with Crippen molar-refractivity contribution in [2.45, 2.75) is 11.4 Å². The maximum absolute atomic E-state index is 12.6. The highest BCUT2D eigenvalue weighted by Crippen LogP contribution is 2.24. The molecule has 1 aromatic heterocycles. The van der Waals surface area contributed by atoms with Gasteiger partial charge >= 0.3 is 0 Å². The van der Waals surface area contributed by atoms with Crippen molar-refractivity contribution in [2.24, 2.45) is 0 Å². The minimum atomic E-state index is -3.50. The van der Waals surface area contributed by atoms with Crippen LogP contribution in [0.4, 0.5) is 5.82 Å². The summed E-state index contributed by atoms with van der Waals surface area (Å²) in [6, 6.07) is 8.85. The lowest BCUT2D eigenvalue weighted by molar-refractivity contribution is -0.367. The van der Waals surface area contributed by atoms with Gasteiger partial charge in [0.2, 0.25) is 10.0 Å². The fourth-order valence-electron chi connectivity index (χ4n) is 2.73. The molecule has 1 aliphatic heterocycles. The second-order valence-electron chi connectivity index (χ2n) is 6.03. The summed E-state index contributed by atoms with van der Waals surface area (Å²) in [6.07, 6.45) is 1.52. The van der Waals surface area contributed by atoms with Gasteiger partial charge in [-0.1, -0.05) is 29.3 Å². The number of hydrogen-bond acceptors (Lipinski definition) is 4. The number of benzene rings is 1. The molecule has 2 heterocycles. The number of H-pyrrole nitrogens is 1. The Morgan fingerprint density at radius 2 is 1.88 bits per heavy atom. The van der Waals surface area contributed by atoms with E-state index in [4.69, 9.17) is 27.9 Å². The van der Waals surface area contributed by atoms with Crippen molar-refractivity contribution in [2.75, 3.05) is 38.3 Å². The van der Waals surface area contributed by atoms with Crippen LogP contribution in [0.25, 0.3) is 0 Å². The molecule has 140 valence electrons. The first-order valence-electron chi connectivity index (χ1n) is 8.12. The first kappa shape index (κ1) is 19.4. The van der Waals surface area contributed by atoms with Crippen LogP contribution in [0.1, 0.15) is 5.56 Å². The molecule has 1 saturated heterocycles. The molecule has 1 N–H and O–H groups in total. The molecular formula is C17H20Cl2N3O3S+. The number of ether oxygens (including phenoxy) is 1. The number of aromatic amines is 1. The van der Waals surface area contributed by atoms with Crippen molar-refractivity contribution in [1.82, 2.24) is 4.31 Å². The number of aromatic nitrogens is 1. The summed E-state index contributed by atoms with van der Waals surface area (Å²) < 4.78 is 31.9. The van der Waals surface area contributed by atoms with Gasteiger partial charge in [-0.2, -0.15) is 4.31 Å². The molecule has 0 radical (unpaired) electrons. The molecule has 9 heteroatoms. The summed E-state index contributed by atoms with van der Waals surface area (Å²) in [6.45, 7) is 2.20. The highest BCUT2D eigenvalue weighted by atomic mass is 35.5. The number of nitrogens with one attached hydrogen (secondary N) is 1. The summed E-state index contributed by atoms with van der Waals surface area (Å²) in [5, 5.41) is 1.02. The highest BCUT2D eigenvalue weighted by Gasteiger charge is 2.27. The van der Waals surface area contributed by atoms with Gasteiger partial charge in [-0.25, -0.2) is 13.4 Å². The van der Waals surface area contributed by atoms with E-state index < -0.39 is 10.0 Å². The van der Waals surface area contributed by atoms with Gasteiger partial charge in [0.15, 0.2) is 0 Å². The van der Waals surface area contributed by atoms with Gasteiger partial charge in [-0.3, -0.25) is 4.90 Å². The van der Waals surface area contributed by atoms with Gasteiger partial charge in [0.25, 0.3) is 5.82 Å². The number of nitrogens with zero attached hydrogens (tertiary/aromatic N) is 2. The minimum absolute atomic E-state index is 0.242. The number of hydrogen-bond donors (Lipinski definition) is 0. The van der Waals surface area contributed by atoms with Crippen LogP contribution in [0, 0.1) is 0 Å². The van der Waals surface area contributed by atoms with E-state index in [1.165, 1.54) is 10.5 Å². The zero-order valence-electron chi connectivity index (χ0n) is 14.3. The maximum atomic E-state index is 12.6. The van der Waals surface area contributed by atoms with E-state index in [1.807, 2.05) is 24.1 Å². The van der Waals surface area contributed by atoms with Gasteiger partial charge < -0.3 is 4.74 Å². The summed E-state index contributed by atoms with van der Waals surface area (Å²) in [7, 11) is -1.60. The van der Waals surface area contributed by atoms with Gasteiger partial charge in [0.05, 0.1) is 30.3 Å². The van der Waals surface area contributed by atoms with Crippen LogP contribution in [0.3, 0.4) is 0 Å². The Morgan fingerprint density at radius 1 is 1.15 bits per heavy atom. The third kappa shape index (κ3) is 4.29. The molecule has 0 unspecified atom stereocenters. The van der Waals surface area contributed by atoms with Crippen molar-refractivity contribution in [1.29, 1.82) is 0 Å². The van der Waals surface area contributed by atoms with Crippen LogP contribution in [-0.4, -0.2) is 46.1 Å². The largest absolute Gasteiger partial charge is 0.379 e. The monoisotopic (exact) mass is 416 g/mol. The molecular weight excluding hydrogens is 397 g/mol. The molecule has 0 bridgehead atoms. The van der Waals surface area contributed by atoms with E-state index >= 15 is 0 Å². The lowest BCUT2D eigenvalue weighted by Crippen LogP contribution is -2.41. The number of sulfonamides is 1. The third-order valence-electron chi connectivity index (χ3n) is 4.19. The molecule has 26 heavy (non-hydrogen) atoms. The predicted molar refractivity (Wildman–Crippen MR) is 101 cm³/mol. The van der Waals surface area contributed by atoms with E-state index in [2.05, 4.69) is 4.98 Å². The molecule has 0 amide bonds. The Hall–Kier alpha value is -1.38. The van der Waals surface area contributed by atoms with E-state index in [9.17, 15) is 8.42 Å². The number of halogens is 2. The zero-order valence-corrected chi connectivity index (χ0v) is 16.6. The molecule has 1 aliphatic rings. The maximum Gasteiger partial charge on any atom is 0.274 e. The minimum Gasteiger partial charge on any atom is -0.379 e. The van der Waals surface area contributed by atoms with Crippen molar-refractivity contribution in [3.05, 3.63) is 52.1 Å². The zero-order chi connectivity index (χ0) is 18.7. The molecule has 0 spiro atoms. The smallest absolute Gasteiger partial charge is 0.274 e. The topological polar surface area (TPSA) is 64.0 Å². The molecule has 0 aliphatic carbocycles. The van der Waals surface area contributed by atoms with Crippen LogP contribution in [-0.2, 0) is 21.3 Å². The first-order valence-corrected chi connectivity index (χ1v) is 10.3. The number of morpholine rings is 1. The summed E-state index contributed by atoms with van der Waals surface area (Å²) in [5.74, 6) is 0.789. The molecule has 2 aromatic rings. The molecule has 1 fully saturated rings. The lowest BCUT2D eigenvalue weighted by Gasteiger charge is -2.25. The average Bonchev–Trinajstić information content (AvgIpc) is 2.65. The number of anilines is 1. The van der Waals surface area contributed by atoms with E-state index in [0.717, 1.165) is 11.4 Å². The van der Waals surface area contributed by atoms with Crippen LogP contribution >= 0.6 is 23.2 Å². The summed E-state index contributed by atoms with van der Waals surface area (Å²) in [4.78, 5) is 5.26. The lowest BCUT2D eigenvalue weighted by atomic mass is 10.2. The van der Waals surface area contributed by atoms with Crippen molar-refractivity contribution in [3.63, 3.8) is 0 Å². The fraction of sp³-hybridized carbons (Fsp3) is 0.353. The number of pyridine rings is 1. The van der Waals surface area contributed by atoms with E-state index in [-0.39, 0.29) is 4.90 Å². The van der Waals surface area contributed by atoms with Gasteiger partial charge in [-0.15, -0.1) is 0 Å². The Balaban J connectivity index is 1.73. The van der Waals surface area contributed by atoms with Crippen molar-refractivity contribution in [3.8, 4) is 0 Å². The standard InChI is InChI=1S/C17H19Cl2N3O3S/c1-21(12-13-2-4-15(18)16(19)10-13)17-5-3-14(11-20-17)26(23,24)22-6-8-25-9-7-22/h2-5,10-11H,6-9,12H2,1H3/p+1. The van der Waals surface area contributed by atoms with Crippen molar-refractivity contribution < 1.29 is 18.1 Å². The fourth-order valence-corrected chi connectivity index (χ4v) is 4.43. The van der Waals surface area contributed by atoms with Crippen LogP contribution < -0.4 is 9.88 Å². The van der Waals surface area contributed by atoms with Gasteiger partial charge in [0, 0.05) is 19.2 Å². The Bertz CT molecular complexity index is 869. The first-order chi connectivity index (χ1) is 12.4. The Labute approximate surface area is 163 Å². The molecule has 6 nitrogen and oxygen atoms in total. The Kier molecular flexibility index (Phi) is 6.04.